The third-order valence-corrected chi connectivity index (χ3v) is 4.51. The second-order valence-corrected chi connectivity index (χ2v) is 6.06. The minimum atomic E-state index is -0.564. The zero-order valence-electron chi connectivity index (χ0n) is 13.6. The Balaban J connectivity index is 1.50. The van der Waals surface area contributed by atoms with Crippen molar-refractivity contribution in [3.8, 4) is 11.8 Å². The summed E-state index contributed by atoms with van der Waals surface area (Å²) >= 11 is 0. The fourth-order valence-electron chi connectivity index (χ4n) is 3.27. The van der Waals surface area contributed by atoms with Gasteiger partial charge in [0, 0.05) is 12.6 Å². The summed E-state index contributed by atoms with van der Waals surface area (Å²) in [5, 5.41) is 19.4. The van der Waals surface area contributed by atoms with Crippen LogP contribution >= 0.6 is 0 Å². The van der Waals surface area contributed by atoms with Gasteiger partial charge < -0.3 is 14.3 Å². The molecule has 5 heteroatoms. The lowest BCUT2D eigenvalue weighted by atomic mass is 10.1. The van der Waals surface area contributed by atoms with Crippen molar-refractivity contribution < 1.29 is 14.3 Å². The lowest BCUT2D eigenvalue weighted by Crippen LogP contribution is -2.34. The van der Waals surface area contributed by atoms with E-state index in [1.807, 2.05) is 24.3 Å². The van der Waals surface area contributed by atoms with Crippen molar-refractivity contribution in [3.05, 3.63) is 54.0 Å². The summed E-state index contributed by atoms with van der Waals surface area (Å²) in [6.07, 6.45) is 3.90. The predicted octanol–water partition coefficient (Wildman–Crippen LogP) is 3.12. The molecule has 2 aromatic rings. The lowest BCUT2D eigenvalue weighted by molar-refractivity contribution is 0.0961. The number of aliphatic hydroxyl groups is 1. The highest BCUT2D eigenvalue weighted by molar-refractivity contribution is 5.42. The van der Waals surface area contributed by atoms with Crippen LogP contribution in [0.15, 0.2) is 47.1 Å². The zero-order chi connectivity index (χ0) is 16.8. The average molecular weight is 326 g/mol. The van der Waals surface area contributed by atoms with Gasteiger partial charge in [0.1, 0.15) is 30.3 Å². The fourth-order valence-corrected chi connectivity index (χ4v) is 3.27. The van der Waals surface area contributed by atoms with Crippen molar-refractivity contribution >= 4 is 0 Å². The molecule has 2 unspecified atom stereocenters. The van der Waals surface area contributed by atoms with Gasteiger partial charge in [-0.3, -0.25) is 4.90 Å². The van der Waals surface area contributed by atoms with E-state index in [4.69, 9.17) is 14.4 Å². The highest BCUT2D eigenvalue weighted by Gasteiger charge is 2.27. The molecule has 0 aliphatic carbocycles. The van der Waals surface area contributed by atoms with Crippen molar-refractivity contribution in [2.75, 3.05) is 19.7 Å². The van der Waals surface area contributed by atoms with E-state index < -0.39 is 6.10 Å². The van der Waals surface area contributed by atoms with Crippen LogP contribution in [0.25, 0.3) is 0 Å². The molecule has 1 saturated heterocycles. The minimum Gasteiger partial charge on any atom is -0.491 e. The number of ether oxygens (including phenoxy) is 1. The summed E-state index contributed by atoms with van der Waals surface area (Å²) in [6, 6.07) is 13.4. The summed E-state index contributed by atoms with van der Waals surface area (Å²) in [5.74, 6) is 1.26. The van der Waals surface area contributed by atoms with E-state index in [0.717, 1.165) is 25.9 Å². The normalized spacial score (nSPS) is 19.1. The number of rotatable bonds is 7. The third kappa shape index (κ3) is 3.97. The van der Waals surface area contributed by atoms with Gasteiger partial charge in [0.2, 0.25) is 0 Å². The Morgan fingerprint density at radius 2 is 2.21 bits per heavy atom. The molecule has 1 aliphatic rings. The van der Waals surface area contributed by atoms with E-state index in [0.29, 0.717) is 36.1 Å². The number of benzene rings is 1. The maximum atomic E-state index is 10.3. The Bertz CT molecular complexity index is 678. The maximum Gasteiger partial charge on any atom is 0.137 e. The molecule has 5 nitrogen and oxygen atoms in total. The summed E-state index contributed by atoms with van der Waals surface area (Å²) in [5.41, 5.74) is 0.559. The van der Waals surface area contributed by atoms with Gasteiger partial charge in [-0.15, -0.1) is 0 Å². The standard InChI is InChI=1S/C19H22N2O3/c20-14-15-5-1-2-7-18(15)24-12-10-21-9-3-6-16(21)13-17(22)19-8-4-11-23-19/h1-2,4-5,7-8,11,16-17,22H,3,6,9-10,12-13H2. The van der Waals surface area contributed by atoms with Gasteiger partial charge >= 0.3 is 0 Å². The Morgan fingerprint density at radius 3 is 3.00 bits per heavy atom. The van der Waals surface area contributed by atoms with Crippen LogP contribution in [0.5, 0.6) is 5.75 Å². The largest absolute Gasteiger partial charge is 0.491 e. The molecule has 1 aliphatic heterocycles. The molecule has 3 rings (SSSR count). The van der Waals surface area contributed by atoms with Crippen molar-refractivity contribution in [1.82, 2.24) is 4.90 Å². The molecule has 24 heavy (non-hydrogen) atoms. The molecule has 0 amide bonds. The fraction of sp³-hybridized carbons (Fsp3) is 0.421. The van der Waals surface area contributed by atoms with Crippen LogP contribution in [0.4, 0.5) is 0 Å². The number of furan rings is 1. The molecular weight excluding hydrogens is 304 g/mol. The number of nitriles is 1. The van der Waals surface area contributed by atoms with Crippen LogP contribution in [0, 0.1) is 11.3 Å². The molecule has 1 N–H and O–H groups in total. The van der Waals surface area contributed by atoms with Gasteiger partial charge in [-0.05, 0) is 50.1 Å². The van der Waals surface area contributed by atoms with E-state index in [-0.39, 0.29) is 0 Å². The summed E-state index contributed by atoms with van der Waals surface area (Å²) in [7, 11) is 0. The van der Waals surface area contributed by atoms with Gasteiger partial charge in [0.05, 0.1) is 11.8 Å². The Morgan fingerprint density at radius 1 is 1.33 bits per heavy atom. The van der Waals surface area contributed by atoms with Crippen LogP contribution in [0.3, 0.4) is 0 Å². The maximum absolute atomic E-state index is 10.3. The van der Waals surface area contributed by atoms with E-state index in [2.05, 4.69) is 11.0 Å². The Labute approximate surface area is 142 Å². The van der Waals surface area contributed by atoms with Crippen LogP contribution in [-0.4, -0.2) is 35.7 Å². The predicted molar refractivity (Wildman–Crippen MR) is 89.5 cm³/mol. The highest BCUT2D eigenvalue weighted by atomic mass is 16.5. The van der Waals surface area contributed by atoms with Crippen molar-refractivity contribution in [2.24, 2.45) is 0 Å². The molecule has 0 radical (unpaired) electrons. The number of likely N-dealkylation sites (tertiary alicyclic amines) is 1. The van der Waals surface area contributed by atoms with Gasteiger partial charge in [-0.1, -0.05) is 12.1 Å². The summed E-state index contributed by atoms with van der Waals surface area (Å²) in [4.78, 5) is 2.35. The highest BCUT2D eigenvalue weighted by Crippen LogP contribution is 2.27. The van der Waals surface area contributed by atoms with Gasteiger partial charge in [0.15, 0.2) is 0 Å². The van der Waals surface area contributed by atoms with Crippen molar-refractivity contribution in [3.63, 3.8) is 0 Å². The number of para-hydroxylation sites is 1. The number of hydrogen-bond donors (Lipinski definition) is 1. The number of hydrogen-bond acceptors (Lipinski definition) is 5. The Hall–Kier alpha value is -2.29. The monoisotopic (exact) mass is 326 g/mol. The van der Waals surface area contributed by atoms with Crippen LogP contribution in [-0.2, 0) is 0 Å². The van der Waals surface area contributed by atoms with Crippen molar-refractivity contribution in [2.45, 2.75) is 31.4 Å². The SMILES string of the molecule is N#Cc1ccccc1OCCN1CCCC1CC(O)c1ccco1. The van der Waals surface area contributed by atoms with E-state index in [9.17, 15) is 5.11 Å². The van der Waals surface area contributed by atoms with Crippen LogP contribution in [0.1, 0.15) is 36.7 Å². The molecule has 0 spiro atoms. The first kappa shape index (κ1) is 16.6. The van der Waals surface area contributed by atoms with Crippen LogP contribution in [0.2, 0.25) is 0 Å². The molecule has 2 atom stereocenters. The van der Waals surface area contributed by atoms with E-state index in [1.54, 1.807) is 18.4 Å². The Kier molecular flexibility index (Phi) is 5.52. The summed E-state index contributed by atoms with van der Waals surface area (Å²) < 4.78 is 11.1. The smallest absolute Gasteiger partial charge is 0.137 e. The zero-order valence-corrected chi connectivity index (χ0v) is 13.6. The molecule has 1 aromatic carbocycles. The molecule has 0 bridgehead atoms. The second kappa shape index (κ2) is 8.00. The third-order valence-electron chi connectivity index (χ3n) is 4.51. The lowest BCUT2D eigenvalue weighted by Gasteiger charge is -2.25. The first-order valence-corrected chi connectivity index (χ1v) is 8.35. The second-order valence-electron chi connectivity index (χ2n) is 6.06. The minimum absolute atomic E-state index is 0.333. The van der Waals surface area contributed by atoms with E-state index in [1.165, 1.54) is 0 Å². The van der Waals surface area contributed by atoms with Crippen molar-refractivity contribution in [1.29, 1.82) is 5.26 Å². The molecule has 2 heterocycles. The molecule has 0 saturated carbocycles. The van der Waals surface area contributed by atoms with Gasteiger partial charge in [-0.25, -0.2) is 0 Å². The topological polar surface area (TPSA) is 69.6 Å². The summed E-state index contributed by atoms with van der Waals surface area (Å²) in [6.45, 7) is 2.33. The first-order chi connectivity index (χ1) is 11.8. The van der Waals surface area contributed by atoms with Crippen LogP contribution < -0.4 is 4.74 Å². The molecular formula is C19H22N2O3. The molecule has 1 fully saturated rings. The first-order valence-electron chi connectivity index (χ1n) is 8.35. The average Bonchev–Trinajstić information content (AvgIpc) is 3.27. The number of aliphatic hydroxyl groups excluding tert-OH is 1. The van der Waals surface area contributed by atoms with E-state index >= 15 is 0 Å². The quantitative estimate of drug-likeness (QED) is 0.846. The van der Waals surface area contributed by atoms with Gasteiger partial charge in [0.25, 0.3) is 0 Å². The number of nitrogens with zero attached hydrogens (tertiary/aromatic N) is 2. The van der Waals surface area contributed by atoms with Gasteiger partial charge in [-0.2, -0.15) is 5.26 Å². The molecule has 126 valence electrons. The molecule has 1 aromatic heterocycles.